The van der Waals surface area contributed by atoms with Crippen LogP contribution < -0.4 is 5.73 Å². The zero-order valence-corrected chi connectivity index (χ0v) is 14.8. The molecule has 4 nitrogen and oxygen atoms in total. The number of nitrogens with two attached hydrogens (primary N) is 1. The fourth-order valence-corrected chi connectivity index (χ4v) is 3.98. The minimum absolute atomic E-state index is 0.00253. The standard InChI is InChI=1S/C18H16Cl2N2O2/c1-18(2)6-12(23)16-13(7-18)24-17(22)9(8-21)14(16)15-10(19)4-3-5-11(15)20/h3-5,14H,6-7,22H2,1-2H3/t14-/m1/s1. The number of hydrogen-bond acceptors (Lipinski definition) is 4. The smallest absolute Gasteiger partial charge is 0.205 e. The Morgan fingerprint density at radius 3 is 2.50 bits per heavy atom. The van der Waals surface area contributed by atoms with Gasteiger partial charge in [0, 0.05) is 34.0 Å². The molecular weight excluding hydrogens is 347 g/mol. The van der Waals surface area contributed by atoms with Gasteiger partial charge in [0.2, 0.25) is 5.88 Å². The molecule has 1 aromatic carbocycles. The third-order valence-electron chi connectivity index (χ3n) is 4.36. The Bertz CT molecular complexity index is 827. The Morgan fingerprint density at radius 2 is 1.92 bits per heavy atom. The molecular formula is C18H16Cl2N2O2. The Balaban J connectivity index is 2.27. The average Bonchev–Trinajstić information content (AvgIpc) is 2.44. The van der Waals surface area contributed by atoms with Crippen LogP contribution in [0.25, 0.3) is 0 Å². The number of carbonyl (C=O) groups excluding carboxylic acids is 1. The van der Waals surface area contributed by atoms with Gasteiger partial charge in [-0.15, -0.1) is 0 Å². The lowest BCUT2D eigenvalue weighted by Crippen LogP contribution is -2.33. The molecule has 6 heteroatoms. The van der Waals surface area contributed by atoms with Crippen molar-refractivity contribution in [3.63, 3.8) is 0 Å². The summed E-state index contributed by atoms with van der Waals surface area (Å²) in [6.07, 6.45) is 0.929. The largest absolute Gasteiger partial charge is 0.444 e. The van der Waals surface area contributed by atoms with Crippen molar-refractivity contribution in [3.05, 3.63) is 56.6 Å². The first-order chi connectivity index (χ1) is 11.2. The molecule has 1 aromatic rings. The van der Waals surface area contributed by atoms with Crippen molar-refractivity contribution >= 4 is 29.0 Å². The first kappa shape index (κ1) is 16.9. The maximum absolute atomic E-state index is 12.8. The van der Waals surface area contributed by atoms with Crippen LogP contribution in [0.1, 0.15) is 38.2 Å². The van der Waals surface area contributed by atoms with Crippen molar-refractivity contribution in [2.24, 2.45) is 11.1 Å². The fraction of sp³-hybridized carbons (Fsp3) is 0.333. The van der Waals surface area contributed by atoms with Crippen molar-refractivity contribution in [2.75, 3.05) is 0 Å². The summed E-state index contributed by atoms with van der Waals surface area (Å²) in [5.74, 6) is -0.248. The van der Waals surface area contributed by atoms with E-state index in [0.29, 0.717) is 39.8 Å². The number of allylic oxidation sites excluding steroid dienone is 3. The number of halogens is 2. The van der Waals surface area contributed by atoms with Gasteiger partial charge in [0.1, 0.15) is 17.4 Å². The highest BCUT2D eigenvalue weighted by Gasteiger charge is 2.44. The highest BCUT2D eigenvalue weighted by atomic mass is 35.5. The molecule has 0 fully saturated rings. The lowest BCUT2D eigenvalue weighted by Gasteiger charge is -2.37. The highest BCUT2D eigenvalue weighted by Crippen LogP contribution is 2.50. The van der Waals surface area contributed by atoms with Crippen LogP contribution in [-0.2, 0) is 9.53 Å². The van der Waals surface area contributed by atoms with E-state index < -0.39 is 5.92 Å². The van der Waals surface area contributed by atoms with Gasteiger partial charge < -0.3 is 10.5 Å². The van der Waals surface area contributed by atoms with Gasteiger partial charge in [0.15, 0.2) is 5.78 Å². The number of hydrogen-bond donors (Lipinski definition) is 1. The fourth-order valence-electron chi connectivity index (χ4n) is 3.36. The number of ether oxygens (including phenoxy) is 1. The summed E-state index contributed by atoms with van der Waals surface area (Å²) in [6, 6.07) is 7.14. The van der Waals surface area contributed by atoms with Crippen molar-refractivity contribution in [1.29, 1.82) is 5.26 Å². The topological polar surface area (TPSA) is 76.1 Å². The van der Waals surface area contributed by atoms with Crippen molar-refractivity contribution in [1.82, 2.24) is 0 Å². The molecule has 0 radical (unpaired) electrons. The van der Waals surface area contributed by atoms with E-state index in [1.165, 1.54) is 0 Å². The zero-order chi connectivity index (χ0) is 17.6. The van der Waals surface area contributed by atoms with Crippen LogP contribution >= 0.6 is 23.2 Å². The molecule has 2 N–H and O–H groups in total. The first-order valence-corrected chi connectivity index (χ1v) is 8.28. The van der Waals surface area contributed by atoms with E-state index in [-0.39, 0.29) is 22.7 Å². The maximum Gasteiger partial charge on any atom is 0.205 e. The SMILES string of the molecule is CC1(C)CC(=O)C2=C(C1)OC(N)=C(C#N)[C@@H]2c1c(Cl)cccc1Cl. The van der Waals surface area contributed by atoms with Crippen LogP contribution in [0.2, 0.25) is 10.0 Å². The highest BCUT2D eigenvalue weighted by molar-refractivity contribution is 6.36. The Hall–Kier alpha value is -1.96. The van der Waals surface area contributed by atoms with Crippen LogP contribution in [0.3, 0.4) is 0 Å². The average molecular weight is 363 g/mol. The van der Waals surface area contributed by atoms with E-state index >= 15 is 0 Å². The molecule has 0 bridgehead atoms. The van der Waals surface area contributed by atoms with Gasteiger partial charge in [-0.25, -0.2) is 0 Å². The second-order valence-electron chi connectivity index (χ2n) is 6.84. The normalized spacial score (nSPS) is 22.8. The van der Waals surface area contributed by atoms with Gasteiger partial charge in [0.25, 0.3) is 0 Å². The summed E-state index contributed by atoms with van der Waals surface area (Å²) >= 11 is 12.7. The van der Waals surface area contributed by atoms with E-state index in [1.54, 1.807) is 18.2 Å². The number of rotatable bonds is 1. The second kappa shape index (κ2) is 5.84. The van der Waals surface area contributed by atoms with E-state index in [9.17, 15) is 10.1 Å². The summed E-state index contributed by atoms with van der Waals surface area (Å²) in [5, 5.41) is 10.3. The molecule has 0 spiro atoms. The number of ketones is 1. The van der Waals surface area contributed by atoms with Crippen LogP contribution in [0.5, 0.6) is 0 Å². The van der Waals surface area contributed by atoms with Gasteiger partial charge in [-0.1, -0.05) is 43.1 Å². The summed E-state index contributed by atoms with van der Waals surface area (Å²) in [6.45, 7) is 3.99. The Labute approximate surface area is 150 Å². The van der Waals surface area contributed by atoms with Gasteiger partial charge in [0.05, 0.1) is 5.92 Å². The quantitative estimate of drug-likeness (QED) is 0.800. The van der Waals surface area contributed by atoms with Gasteiger partial charge in [-0.05, 0) is 17.5 Å². The van der Waals surface area contributed by atoms with Crippen molar-refractivity contribution in [3.8, 4) is 6.07 Å². The Kier molecular flexibility index (Phi) is 4.11. The molecule has 3 rings (SSSR count). The third-order valence-corrected chi connectivity index (χ3v) is 5.02. The molecule has 1 aliphatic carbocycles. The van der Waals surface area contributed by atoms with Crippen LogP contribution in [-0.4, -0.2) is 5.78 Å². The predicted octanol–water partition coefficient (Wildman–Crippen LogP) is 4.44. The Morgan fingerprint density at radius 1 is 1.29 bits per heavy atom. The number of nitrogens with zero attached hydrogens (tertiary/aromatic N) is 1. The van der Waals surface area contributed by atoms with E-state index in [1.807, 2.05) is 13.8 Å². The monoisotopic (exact) mass is 362 g/mol. The van der Waals surface area contributed by atoms with E-state index in [4.69, 9.17) is 33.7 Å². The molecule has 0 aromatic heterocycles. The molecule has 1 atom stereocenters. The molecule has 0 saturated carbocycles. The van der Waals surface area contributed by atoms with Gasteiger partial charge in [-0.2, -0.15) is 5.26 Å². The van der Waals surface area contributed by atoms with E-state index in [2.05, 4.69) is 6.07 Å². The van der Waals surface area contributed by atoms with Gasteiger partial charge in [-0.3, -0.25) is 4.79 Å². The molecule has 1 aliphatic heterocycles. The lowest BCUT2D eigenvalue weighted by molar-refractivity contribution is -0.119. The maximum atomic E-state index is 12.8. The number of Topliss-reactive ketones (excluding diaryl/α,β-unsaturated/α-hetero) is 1. The summed E-state index contributed by atoms with van der Waals surface area (Å²) in [4.78, 5) is 12.8. The summed E-state index contributed by atoms with van der Waals surface area (Å²) < 4.78 is 5.64. The minimum Gasteiger partial charge on any atom is -0.444 e. The van der Waals surface area contributed by atoms with Crippen molar-refractivity contribution < 1.29 is 9.53 Å². The molecule has 2 aliphatic rings. The minimum atomic E-state index is -0.691. The lowest BCUT2D eigenvalue weighted by atomic mass is 9.70. The third kappa shape index (κ3) is 2.68. The molecule has 0 unspecified atom stereocenters. The van der Waals surface area contributed by atoms with Crippen molar-refractivity contribution in [2.45, 2.75) is 32.6 Å². The number of nitriles is 1. The van der Waals surface area contributed by atoms with Gasteiger partial charge >= 0.3 is 0 Å². The van der Waals surface area contributed by atoms with Crippen LogP contribution in [0.4, 0.5) is 0 Å². The molecule has 1 heterocycles. The van der Waals surface area contributed by atoms with Crippen LogP contribution in [0, 0.1) is 16.7 Å². The molecule has 124 valence electrons. The number of benzene rings is 1. The molecule has 0 amide bonds. The predicted molar refractivity (Wildman–Crippen MR) is 92.2 cm³/mol. The summed E-state index contributed by atoms with van der Waals surface area (Å²) in [5.41, 5.74) is 6.86. The van der Waals surface area contributed by atoms with E-state index in [0.717, 1.165) is 0 Å². The van der Waals surface area contributed by atoms with Crippen LogP contribution in [0.15, 0.2) is 41.0 Å². The molecule has 24 heavy (non-hydrogen) atoms. The molecule has 0 saturated heterocycles. The second-order valence-corrected chi connectivity index (χ2v) is 7.65. The summed E-state index contributed by atoms with van der Waals surface area (Å²) in [7, 11) is 0. The first-order valence-electron chi connectivity index (χ1n) is 7.53. The number of carbonyl (C=O) groups is 1. The zero-order valence-electron chi connectivity index (χ0n) is 13.3.